The van der Waals surface area contributed by atoms with Crippen LogP contribution in [0.25, 0.3) is 0 Å². The van der Waals surface area contributed by atoms with Crippen molar-refractivity contribution in [2.24, 2.45) is 5.73 Å². The first-order valence-electron chi connectivity index (χ1n) is 3.96. The van der Waals surface area contributed by atoms with Crippen LogP contribution in [0.15, 0.2) is 0 Å². The summed E-state index contributed by atoms with van der Waals surface area (Å²) in [6.45, 7) is 2.40. The molecule has 4 heteroatoms. The topological polar surface area (TPSA) is 55.6 Å². The van der Waals surface area contributed by atoms with Crippen molar-refractivity contribution in [3.05, 3.63) is 0 Å². The van der Waals surface area contributed by atoms with Crippen molar-refractivity contribution in [2.45, 2.75) is 12.8 Å². The minimum atomic E-state index is -0.215. The van der Waals surface area contributed by atoms with E-state index in [-0.39, 0.29) is 6.09 Å². The first-order valence-corrected chi connectivity index (χ1v) is 3.96. The van der Waals surface area contributed by atoms with Gasteiger partial charge in [-0.15, -0.1) is 0 Å². The second-order valence-corrected chi connectivity index (χ2v) is 2.60. The van der Waals surface area contributed by atoms with Gasteiger partial charge in [-0.2, -0.15) is 0 Å². The molecule has 4 nitrogen and oxygen atoms in total. The lowest BCUT2D eigenvalue weighted by molar-refractivity contribution is 0.113. The van der Waals surface area contributed by atoms with E-state index in [1.807, 2.05) is 0 Å². The van der Waals surface area contributed by atoms with Gasteiger partial charge in [0.05, 0.1) is 0 Å². The van der Waals surface area contributed by atoms with Gasteiger partial charge in [-0.05, 0) is 12.8 Å². The van der Waals surface area contributed by atoms with Crippen molar-refractivity contribution in [1.82, 2.24) is 4.90 Å². The summed E-state index contributed by atoms with van der Waals surface area (Å²) in [6.07, 6.45) is 1.98. The Balaban J connectivity index is 2.17. The molecule has 1 fully saturated rings. The Morgan fingerprint density at radius 1 is 1.45 bits per heavy atom. The van der Waals surface area contributed by atoms with Crippen LogP contribution in [-0.2, 0) is 4.74 Å². The third-order valence-corrected chi connectivity index (χ3v) is 1.71. The maximum atomic E-state index is 11.1. The van der Waals surface area contributed by atoms with Crippen LogP contribution >= 0.6 is 0 Å². The molecule has 1 aliphatic rings. The van der Waals surface area contributed by atoms with E-state index in [0.717, 1.165) is 25.9 Å². The maximum Gasteiger partial charge on any atom is 0.409 e. The fourth-order valence-electron chi connectivity index (χ4n) is 1.14. The maximum absolute atomic E-state index is 11.1. The summed E-state index contributed by atoms with van der Waals surface area (Å²) < 4.78 is 4.84. The van der Waals surface area contributed by atoms with Gasteiger partial charge in [0.15, 0.2) is 0 Å². The van der Waals surface area contributed by atoms with Crippen LogP contribution in [0.3, 0.4) is 0 Å². The molecular weight excluding hydrogens is 144 g/mol. The number of hydrogen-bond acceptors (Lipinski definition) is 3. The first-order chi connectivity index (χ1) is 5.34. The Morgan fingerprint density at radius 2 is 2.09 bits per heavy atom. The molecule has 1 rings (SSSR count). The molecule has 0 spiro atoms. The number of carbonyl (C=O) groups is 1. The highest BCUT2D eigenvalue weighted by Crippen LogP contribution is 2.08. The van der Waals surface area contributed by atoms with Gasteiger partial charge in [0.2, 0.25) is 0 Å². The summed E-state index contributed by atoms with van der Waals surface area (Å²) in [7, 11) is 0. The molecule has 0 aromatic carbocycles. The van der Waals surface area contributed by atoms with Crippen LogP contribution in [0.1, 0.15) is 12.8 Å². The van der Waals surface area contributed by atoms with Gasteiger partial charge in [0.1, 0.15) is 6.61 Å². The number of likely N-dealkylation sites (tertiary alicyclic amines) is 1. The van der Waals surface area contributed by atoms with Gasteiger partial charge in [0, 0.05) is 19.6 Å². The second-order valence-electron chi connectivity index (χ2n) is 2.60. The van der Waals surface area contributed by atoms with Gasteiger partial charge in [-0.3, -0.25) is 0 Å². The van der Waals surface area contributed by atoms with Gasteiger partial charge < -0.3 is 15.4 Å². The van der Waals surface area contributed by atoms with E-state index in [1.54, 1.807) is 4.90 Å². The average molecular weight is 158 g/mol. The molecule has 0 saturated carbocycles. The molecule has 64 valence electrons. The van der Waals surface area contributed by atoms with E-state index in [1.165, 1.54) is 0 Å². The third-order valence-electron chi connectivity index (χ3n) is 1.71. The molecule has 0 radical (unpaired) electrons. The molecule has 1 amide bonds. The summed E-state index contributed by atoms with van der Waals surface area (Å²) in [6, 6.07) is 0. The van der Waals surface area contributed by atoms with Crippen molar-refractivity contribution in [2.75, 3.05) is 26.2 Å². The van der Waals surface area contributed by atoms with Crippen LogP contribution in [-0.4, -0.2) is 37.2 Å². The predicted molar refractivity (Wildman–Crippen MR) is 41.2 cm³/mol. The molecule has 0 atom stereocenters. The number of nitrogens with two attached hydrogens (primary N) is 1. The van der Waals surface area contributed by atoms with Crippen molar-refractivity contribution in [3.63, 3.8) is 0 Å². The zero-order valence-corrected chi connectivity index (χ0v) is 6.58. The molecule has 0 aliphatic carbocycles. The van der Waals surface area contributed by atoms with Crippen LogP contribution in [0.2, 0.25) is 0 Å². The zero-order valence-electron chi connectivity index (χ0n) is 6.58. The Kier molecular flexibility index (Phi) is 3.16. The van der Waals surface area contributed by atoms with E-state index in [2.05, 4.69) is 0 Å². The fraction of sp³-hybridized carbons (Fsp3) is 0.857. The second kappa shape index (κ2) is 4.18. The van der Waals surface area contributed by atoms with Gasteiger partial charge in [-0.1, -0.05) is 0 Å². The lowest BCUT2D eigenvalue weighted by Gasteiger charge is -2.14. The van der Waals surface area contributed by atoms with E-state index >= 15 is 0 Å². The molecule has 1 heterocycles. The number of carbonyl (C=O) groups excluding carboxylic acids is 1. The quantitative estimate of drug-likeness (QED) is 0.623. The van der Waals surface area contributed by atoms with Crippen molar-refractivity contribution >= 4 is 6.09 Å². The van der Waals surface area contributed by atoms with Crippen molar-refractivity contribution in [3.8, 4) is 0 Å². The van der Waals surface area contributed by atoms with E-state index in [0.29, 0.717) is 13.2 Å². The molecule has 0 aromatic rings. The monoisotopic (exact) mass is 158 g/mol. The molecule has 2 N–H and O–H groups in total. The molecule has 1 saturated heterocycles. The zero-order chi connectivity index (χ0) is 8.10. The Hall–Kier alpha value is -0.770. The highest BCUT2D eigenvalue weighted by Gasteiger charge is 2.18. The minimum absolute atomic E-state index is 0.215. The Bertz CT molecular complexity index is 132. The standard InChI is InChI=1S/C7H14N2O2/c8-3-6-11-7(10)9-4-1-2-5-9/h1-6,8H2. The average Bonchev–Trinajstić information content (AvgIpc) is 2.52. The molecule has 11 heavy (non-hydrogen) atoms. The van der Waals surface area contributed by atoms with Crippen molar-refractivity contribution in [1.29, 1.82) is 0 Å². The molecule has 0 aromatic heterocycles. The highest BCUT2D eigenvalue weighted by molar-refractivity contribution is 5.67. The van der Waals surface area contributed by atoms with E-state index in [9.17, 15) is 4.79 Å². The third kappa shape index (κ3) is 2.38. The fourth-order valence-corrected chi connectivity index (χ4v) is 1.14. The SMILES string of the molecule is NCCOC(=O)N1CCCC1. The number of amides is 1. The summed E-state index contributed by atoms with van der Waals surface area (Å²) in [5.41, 5.74) is 5.18. The summed E-state index contributed by atoms with van der Waals surface area (Å²) in [4.78, 5) is 12.8. The summed E-state index contributed by atoms with van der Waals surface area (Å²) in [5.74, 6) is 0. The van der Waals surface area contributed by atoms with Gasteiger partial charge in [-0.25, -0.2) is 4.79 Å². The van der Waals surface area contributed by atoms with Gasteiger partial charge in [0.25, 0.3) is 0 Å². The van der Waals surface area contributed by atoms with Crippen LogP contribution < -0.4 is 5.73 Å². The summed E-state index contributed by atoms with van der Waals surface area (Å²) in [5, 5.41) is 0. The smallest absolute Gasteiger partial charge is 0.409 e. The molecule has 1 aliphatic heterocycles. The Labute approximate surface area is 66.3 Å². The molecular formula is C7H14N2O2. The lowest BCUT2D eigenvalue weighted by atomic mass is 10.4. The summed E-state index contributed by atoms with van der Waals surface area (Å²) >= 11 is 0. The molecule has 0 unspecified atom stereocenters. The first kappa shape index (κ1) is 8.33. The predicted octanol–water partition coefficient (Wildman–Crippen LogP) is 0.177. The number of nitrogens with zero attached hydrogens (tertiary/aromatic N) is 1. The van der Waals surface area contributed by atoms with E-state index in [4.69, 9.17) is 10.5 Å². The largest absolute Gasteiger partial charge is 0.448 e. The minimum Gasteiger partial charge on any atom is -0.448 e. The lowest BCUT2D eigenvalue weighted by Crippen LogP contribution is -2.29. The van der Waals surface area contributed by atoms with Crippen LogP contribution in [0, 0.1) is 0 Å². The van der Waals surface area contributed by atoms with Crippen LogP contribution in [0.5, 0.6) is 0 Å². The van der Waals surface area contributed by atoms with Crippen LogP contribution in [0.4, 0.5) is 4.79 Å². The number of hydrogen-bond donors (Lipinski definition) is 1. The van der Waals surface area contributed by atoms with Gasteiger partial charge >= 0.3 is 6.09 Å². The normalized spacial score (nSPS) is 17.0. The highest BCUT2D eigenvalue weighted by atomic mass is 16.6. The van der Waals surface area contributed by atoms with Crippen molar-refractivity contribution < 1.29 is 9.53 Å². The molecule has 0 bridgehead atoms. The number of ether oxygens (including phenoxy) is 1. The Morgan fingerprint density at radius 3 is 2.64 bits per heavy atom. The number of rotatable bonds is 2. The van der Waals surface area contributed by atoms with E-state index < -0.39 is 0 Å².